The van der Waals surface area contributed by atoms with Crippen LogP contribution in [-0.2, 0) is 23.9 Å². The summed E-state index contributed by atoms with van der Waals surface area (Å²) in [5.41, 5.74) is 11.1. The highest BCUT2D eigenvalue weighted by Crippen LogP contribution is 2.11. The molecule has 0 aromatic heterocycles. The average Bonchev–Trinajstić information content (AvgIpc) is 2.90. The van der Waals surface area contributed by atoms with Crippen molar-refractivity contribution in [1.29, 1.82) is 0 Å². The lowest BCUT2D eigenvalue weighted by Crippen LogP contribution is -2.56. The fourth-order valence-corrected chi connectivity index (χ4v) is 4.26. The summed E-state index contributed by atoms with van der Waals surface area (Å²) in [6.45, 7) is 4.43. The third-order valence-corrected chi connectivity index (χ3v) is 6.53. The van der Waals surface area contributed by atoms with Gasteiger partial charge in [0, 0.05) is 6.42 Å². The predicted molar refractivity (Wildman–Crippen MR) is 160 cm³/mol. The standard InChI is InChI=1S/C28H55N5O6.ClH/c1-21(2)19-23(28(38)39-3)33-26(36)22(15-12-14-18-30)32-27(37)24(20-34)31-25(35)16-11-9-7-5-4-6-8-10-13-17-29;/h21-24,34H,4-20,29-30H2,1-3H3,(H,31,35)(H,32,37)(H,33,36);1H/t22-,23-,24-;/m0./s1. The number of rotatable bonds is 24. The molecule has 3 amide bonds. The minimum absolute atomic E-state index is 0. The predicted octanol–water partition coefficient (Wildman–Crippen LogP) is 2.06. The molecule has 40 heavy (non-hydrogen) atoms. The molecule has 0 unspecified atom stereocenters. The van der Waals surface area contributed by atoms with Gasteiger partial charge in [-0.15, -0.1) is 12.4 Å². The molecule has 0 aliphatic rings. The smallest absolute Gasteiger partial charge is 0.328 e. The van der Waals surface area contributed by atoms with Gasteiger partial charge in [0.15, 0.2) is 0 Å². The number of carbonyl (C=O) groups is 4. The van der Waals surface area contributed by atoms with Gasteiger partial charge in [-0.25, -0.2) is 4.79 Å². The van der Waals surface area contributed by atoms with Gasteiger partial charge in [-0.2, -0.15) is 0 Å². The number of amides is 3. The van der Waals surface area contributed by atoms with E-state index in [1.807, 2.05) is 13.8 Å². The maximum absolute atomic E-state index is 13.0. The number of methoxy groups -OCH3 is 1. The van der Waals surface area contributed by atoms with Crippen molar-refractivity contribution in [3.8, 4) is 0 Å². The Morgan fingerprint density at radius 2 is 1.18 bits per heavy atom. The van der Waals surface area contributed by atoms with E-state index in [4.69, 9.17) is 16.2 Å². The molecule has 0 heterocycles. The number of esters is 1. The molecule has 3 atom stereocenters. The summed E-state index contributed by atoms with van der Waals surface area (Å²) in [5.74, 6) is -1.95. The van der Waals surface area contributed by atoms with E-state index < -0.39 is 42.5 Å². The molecule has 8 N–H and O–H groups in total. The number of aliphatic hydroxyl groups is 1. The zero-order chi connectivity index (χ0) is 29.5. The van der Waals surface area contributed by atoms with Crippen molar-refractivity contribution < 1.29 is 29.0 Å². The van der Waals surface area contributed by atoms with Crippen LogP contribution in [0.2, 0.25) is 0 Å². The van der Waals surface area contributed by atoms with Crippen molar-refractivity contribution in [2.45, 2.75) is 122 Å². The Hall–Kier alpha value is -1.95. The summed E-state index contributed by atoms with van der Waals surface area (Å²) >= 11 is 0. The lowest BCUT2D eigenvalue weighted by atomic mass is 10.0. The first kappa shape index (κ1) is 40.2. The fourth-order valence-electron chi connectivity index (χ4n) is 4.26. The Labute approximate surface area is 247 Å². The van der Waals surface area contributed by atoms with E-state index in [0.717, 1.165) is 32.2 Å². The van der Waals surface area contributed by atoms with E-state index in [-0.39, 0.29) is 30.7 Å². The highest BCUT2D eigenvalue weighted by Gasteiger charge is 2.29. The molecule has 0 bridgehead atoms. The summed E-state index contributed by atoms with van der Waals surface area (Å²) in [5, 5.41) is 17.6. The summed E-state index contributed by atoms with van der Waals surface area (Å²) in [7, 11) is 1.25. The molecule has 0 spiro atoms. The molecule has 0 radical (unpaired) electrons. The molecule has 0 aromatic rings. The Bertz CT molecular complexity index is 698. The van der Waals surface area contributed by atoms with Gasteiger partial charge < -0.3 is 37.3 Å². The fraction of sp³-hybridized carbons (Fsp3) is 0.857. The number of nitrogens with one attached hydrogen (secondary N) is 3. The van der Waals surface area contributed by atoms with E-state index in [1.165, 1.54) is 32.8 Å². The van der Waals surface area contributed by atoms with Crippen molar-refractivity contribution in [2.24, 2.45) is 17.4 Å². The number of ether oxygens (including phenoxy) is 1. The molecule has 0 aliphatic carbocycles. The average molecular weight is 594 g/mol. The number of aliphatic hydroxyl groups excluding tert-OH is 1. The SMILES string of the molecule is COC(=O)[C@H](CC(C)C)NC(=O)[C@H](CCCCN)NC(=O)[C@H](CO)NC(=O)CCCCCCCCCCCN.Cl. The van der Waals surface area contributed by atoms with Crippen LogP contribution in [0.1, 0.15) is 104 Å². The van der Waals surface area contributed by atoms with Crippen LogP contribution < -0.4 is 27.4 Å². The Morgan fingerprint density at radius 3 is 1.68 bits per heavy atom. The number of carbonyl (C=O) groups excluding carboxylic acids is 4. The van der Waals surface area contributed by atoms with Gasteiger partial charge in [-0.3, -0.25) is 14.4 Å². The maximum Gasteiger partial charge on any atom is 0.328 e. The number of unbranched alkanes of at least 4 members (excludes halogenated alkanes) is 9. The second-order valence-electron chi connectivity index (χ2n) is 10.6. The summed E-state index contributed by atoms with van der Waals surface area (Å²) in [6, 6.07) is -2.98. The second kappa shape index (κ2) is 26.0. The van der Waals surface area contributed by atoms with Crippen LogP contribution in [-0.4, -0.2) is 73.7 Å². The topological polar surface area (TPSA) is 186 Å². The zero-order valence-corrected chi connectivity index (χ0v) is 25.7. The van der Waals surface area contributed by atoms with Gasteiger partial charge in [0.1, 0.15) is 18.1 Å². The minimum Gasteiger partial charge on any atom is -0.467 e. The Kier molecular flexibility index (Phi) is 26.1. The zero-order valence-electron chi connectivity index (χ0n) is 24.9. The van der Waals surface area contributed by atoms with Gasteiger partial charge in [0.25, 0.3) is 0 Å². The third-order valence-electron chi connectivity index (χ3n) is 6.53. The lowest BCUT2D eigenvalue weighted by molar-refractivity contribution is -0.146. The highest BCUT2D eigenvalue weighted by molar-refractivity contribution is 5.93. The van der Waals surface area contributed by atoms with Gasteiger partial charge in [0.05, 0.1) is 13.7 Å². The van der Waals surface area contributed by atoms with Crippen LogP contribution in [0.25, 0.3) is 0 Å². The molecule has 11 nitrogen and oxygen atoms in total. The van der Waals surface area contributed by atoms with Crippen molar-refractivity contribution in [1.82, 2.24) is 16.0 Å². The quantitative estimate of drug-likeness (QED) is 0.0724. The van der Waals surface area contributed by atoms with Gasteiger partial charge >= 0.3 is 5.97 Å². The third kappa shape index (κ3) is 20.0. The minimum atomic E-state index is -1.18. The van der Waals surface area contributed by atoms with Gasteiger partial charge in [0.2, 0.25) is 17.7 Å². The van der Waals surface area contributed by atoms with E-state index >= 15 is 0 Å². The molecule has 0 aliphatic heterocycles. The van der Waals surface area contributed by atoms with Crippen molar-refractivity contribution in [3.63, 3.8) is 0 Å². The van der Waals surface area contributed by atoms with Gasteiger partial charge in [-0.05, 0) is 57.5 Å². The lowest BCUT2D eigenvalue weighted by Gasteiger charge is -2.25. The highest BCUT2D eigenvalue weighted by atomic mass is 35.5. The molecular weight excluding hydrogens is 538 g/mol. The molecule has 0 saturated heterocycles. The molecule has 12 heteroatoms. The molecule has 0 saturated carbocycles. The van der Waals surface area contributed by atoms with E-state index in [1.54, 1.807) is 0 Å². The Morgan fingerprint density at radius 1 is 0.700 bits per heavy atom. The van der Waals surface area contributed by atoms with Crippen molar-refractivity contribution in [3.05, 3.63) is 0 Å². The second-order valence-corrected chi connectivity index (χ2v) is 10.6. The normalized spacial score (nSPS) is 13.1. The monoisotopic (exact) mass is 593 g/mol. The summed E-state index contributed by atoms with van der Waals surface area (Å²) in [4.78, 5) is 50.4. The molecule has 236 valence electrons. The maximum atomic E-state index is 13.0. The van der Waals surface area contributed by atoms with Crippen LogP contribution in [0.5, 0.6) is 0 Å². The van der Waals surface area contributed by atoms with E-state index in [2.05, 4.69) is 16.0 Å². The van der Waals surface area contributed by atoms with Crippen LogP contribution in [0.4, 0.5) is 0 Å². The Balaban J connectivity index is 0. The van der Waals surface area contributed by atoms with Crippen LogP contribution in [0.15, 0.2) is 0 Å². The van der Waals surface area contributed by atoms with Crippen LogP contribution in [0, 0.1) is 5.92 Å². The first-order chi connectivity index (χ1) is 18.7. The molecular formula is C28H56ClN5O6. The largest absolute Gasteiger partial charge is 0.467 e. The first-order valence-corrected chi connectivity index (χ1v) is 14.7. The molecule has 0 aromatic carbocycles. The number of halogens is 1. The van der Waals surface area contributed by atoms with Crippen LogP contribution in [0.3, 0.4) is 0 Å². The van der Waals surface area contributed by atoms with Gasteiger partial charge in [-0.1, -0.05) is 58.8 Å². The van der Waals surface area contributed by atoms with Crippen molar-refractivity contribution >= 4 is 36.1 Å². The number of hydrogen-bond acceptors (Lipinski definition) is 8. The summed E-state index contributed by atoms with van der Waals surface area (Å²) < 4.78 is 4.81. The van der Waals surface area contributed by atoms with E-state index in [0.29, 0.717) is 38.6 Å². The molecule has 0 fully saturated rings. The first-order valence-electron chi connectivity index (χ1n) is 14.7. The molecule has 0 rings (SSSR count). The number of hydrogen-bond donors (Lipinski definition) is 6. The van der Waals surface area contributed by atoms with E-state index in [9.17, 15) is 24.3 Å². The number of nitrogens with two attached hydrogens (primary N) is 2. The summed E-state index contributed by atoms with van der Waals surface area (Å²) in [6.07, 6.45) is 11.8. The van der Waals surface area contributed by atoms with Crippen LogP contribution >= 0.6 is 12.4 Å². The van der Waals surface area contributed by atoms with Crippen molar-refractivity contribution in [2.75, 3.05) is 26.8 Å².